The van der Waals surface area contributed by atoms with Gasteiger partial charge in [-0.25, -0.2) is 0 Å². The topological polar surface area (TPSA) is 90.9 Å². The SMILES string of the molecule is CCCCOc1ccc(C(=O)NCC(=O)OCC(=O)c2ccc(OC(F)F)cc2)cc1. The highest BCUT2D eigenvalue weighted by atomic mass is 19.3. The van der Waals surface area contributed by atoms with Crippen molar-refractivity contribution in [3.05, 3.63) is 59.7 Å². The van der Waals surface area contributed by atoms with Crippen LogP contribution in [-0.4, -0.2) is 44.0 Å². The number of ketones is 1. The molecule has 0 unspecified atom stereocenters. The summed E-state index contributed by atoms with van der Waals surface area (Å²) in [7, 11) is 0. The van der Waals surface area contributed by atoms with Crippen molar-refractivity contribution in [2.45, 2.75) is 26.4 Å². The van der Waals surface area contributed by atoms with Gasteiger partial charge >= 0.3 is 12.6 Å². The lowest BCUT2D eigenvalue weighted by Gasteiger charge is -2.08. The van der Waals surface area contributed by atoms with Gasteiger partial charge in [0.15, 0.2) is 12.4 Å². The van der Waals surface area contributed by atoms with Gasteiger partial charge in [-0.15, -0.1) is 0 Å². The Hall–Kier alpha value is -3.49. The van der Waals surface area contributed by atoms with Crippen LogP contribution in [0.1, 0.15) is 40.5 Å². The van der Waals surface area contributed by atoms with Crippen LogP contribution < -0.4 is 14.8 Å². The lowest BCUT2D eigenvalue weighted by atomic mass is 10.1. The highest BCUT2D eigenvalue weighted by Gasteiger charge is 2.13. The van der Waals surface area contributed by atoms with Crippen molar-refractivity contribution in [1.82, 2.24) is 5.32 Å². The molecule has 2 aromatic carbocycles. The summed E-state index contributed by atoms with van der Waals surface area (Å²) in [6.07, 6.45) is 1.95. The summed E-state index contributed by atoms with van der Waals surface area (Å²) < 4.78 is 38.8. The molecule has 7 nitrogen and oxygen atoms in total. The zero-order chi connectivity index (χ0) is 22.6. The first kappa shape index (κ1) is 23.8. The van der Waals surface area contributed by atoms with Crippen molar-refractivity contribution in [3.8, 4) is 11.5 Å². The summed E-state index contributed by atoms with van der Waals surface area (Å²) in [5.41, 5.74) is 0.512. The van der Waals surface area contributed by atoms with E-state index in [1.165, 1.54) is 24.3 Å². The third-order valence-electron chi connectivity index (χ3n) is 4.04. The number of nitrogens with one attached hydrogen (secondary N) is 1. The molecule has 9 heteroatoms. The Bertz CT molecular complexity index is 869. The van der Waals surface area contributed by atoms with Crippen LogP contribution >= 0.6 is 0 Å². The van der Waals surface area contributed by atoms with E-state index in [9.17, 15) is 23.2 Å². The number of rotatable bonds is 12. The smallest absolute Gasteiger partial charge is 0.387 e. The number of unbranched alkanes of at least 4 members (excludes halogenated alkanes) is 1. The summed E-state index contributed by atoms with van der Waals surface area (Å²) in [4.78, 5) is 35.9. The number of hydrogen-bond donors (Lipinski definition) is 1. The fourth-order valence-electron chi connectivity index (χ4n) is 2.39. The Labute approximate surface area is 178 Å². The van der Waals surface area contributed by atoms with Gasteiger partial charge in [0.05, 0.1) is 6.61 Å². The van der Waals surface area contributed by atoms with E-state index in [4.69, 9.17) is 9.47 Å². The van der Waals surface area contributed by atoms with Gasteiger partial charge in [0.2, 0.25) is 0 Å². The Morgan fingerprint density at radius 1 is 0.935 bits per heavy atom. The van der Waals surface area contributed by atoms with E-state index >= 15 is 0 Å². The zero-order valence-electron chi connectivity index (χ0n) is 16.9. The quantitative estimate of drug-likeness (QED) is 0.311. The zero-order valence-corrected chi connectivity index (χ0v) is 16.9. The minimum atomic E-state index is -2.96. The Balaban J connectivity index is 1.73. The molecule has 1 N–H and O–H groups in total. The average molecular weight is 435 g/mol. The van der Waals surface area contributed by atoms with Gasteiger partial charge in [-0.3, -0.25) is 14.4 Å². The van der Waals surface area contributed by atoms with Crippen LogP contribution in [0.25, 0.3) is 0 Å². The number of alkyl halides is 2. The minimum absolute atomic E-state index is 0.0909. The molecule has 0 aliphatic heterocycles. The molecular weight excluding hydrogens is 412 g/mol. The maximum atomic E-state index is 12.1. The highest BCUT2D eigenvalue weighted by Crippen LogP contribution is 2.15. The Kier molecular flexibility index (Phi) is 9.41. The molecule has 166 valence electrons. The predicted octanol–water partition coefficient (Wildman–Crippen LogP) is 3.62. The van der Waals surface area contributed by atoms with Crippen LogP contribution in [0, 0.1) is 0 Å². The van der Waals surface area contributed by atoms with E-state index in [1.54, 1.807) is 24.3 Å². The van der Waals surface area contributed by atoms with Crippen LogP contribution in [-0.2, 0) is 9.53 Å². The molecule has 0 atom stereocenters. The normalized spacial score (nSPS) is 10.5. The number of Topliss-reactive ketones (excluding diaryl/α,β-unsaturated/α-hetero) is 1. The summed E-state index contributed by atoms with van der Waals surface area (Å²) in [6.45, 7) is -1.27. The number of carbonyl (C=O) groups is 3. The second kappa shape index (κ2) is 12.3. The van der Waals surface area contributed by atoms with Gasteiger partial charge in [0, 0.05) is 11.1 Å². The number of halogens is 2. The molecule has 0 heterocycles. The molecule has 0 bridgehead atoms. The first-order valence-corrected chi connectivity index (χ1v) is 9.63. The van der Waals surface area contributed by atoms with Crippen molar-refractivity contribution in [3.63, 3.8) is 0 Å². The number of esters is 1. The summed E-state index contributed by atoms with van der Waals surface area (Å²) >= 11 is 0. The van der Waals surface area contributed by atoms with E-state index in [-0.39, 0.29) is 11.3 Å². The minimum Gasteiger partial charge on any atom is -0.494 e. The van der Waals surface area contributed by atoms with Gasteiger partial charge in [-0.05, 0) is 55.0 Å². The van der Waals surface area contributed by atoms with Gasteiger partial charge in [-0.1, -0.05) is 13.3 Å². The molecular formula is C22H23F2NO6. The molecule has 0 aliphatic rings. The fourth-order valence-corrected chi connectivity index (χ4v) is 2.39. The molecule has 0 fully saturated rings. The fraction of sp³-hybridized carbons (Fsp3) is 0.318. The first-order valence-electron chi connectivity index (χ1n) is 9.63. The summed E-state index contributed by atoms with van der Waals surface area (Å²) in [6, 6.07) is 11.5. The molecule has 0 aliphatic carbocycles. The van der Waals surface area contributed by atoms with Crippen LogP contribution in [0.3, 0.4) is 0 Å². The third kappa shape index (κ3) is 8.41. The second-order valence-corrected chi connectivity index (χ2v) is 6.40. The lowest BCUT2D eigenvalue weighted by Crippen LogP contribution is -2.31. The molecule has 2 rings (SSSR count). The molecule has 31 heavy (non-hydrogen) atoms. The first-order chi connectivity index (χ1) is 14.9. The van der Waals surface area contributed by atoms with Crippen LogP contribution in [0.4, 0.5) is 8.78 Å². The number of hydrogen-bond acceptors (Lipinski definition) is 6. The van der Waals surface area contributed by atoms with Gasteiger partial charge in [0.25, 0.3) is 5.91 Å². The average Bonchev–Trinajstić information content (AvgIpc) is 2.76. The van der Waals surface area contributed by atoms with Gasteiger partial charge in [-0.2, -0.15) is 8.78 Å². The predicted molar refractivity (Wildman–Crippen MR) is 108 cm³/mol. The number of amides is 1. The van der Waals surface area contributed by atoms with Crippen LogP contribution in [0.15, 0.2) is 48.5 Å². The Morgan fingerprint density at radius 3 is 2.16 bits per heavy atom. The molecule has 0 aromatic heterocycles. The third-order valence-corrected chi connectivity index (χ3v) is 4.04. The molecule has 0 saturated heterocycles. The van der Waals surface area contributed by atoms with E-state index in [2.05, 4.69) is 17.0 Å². The van der Waals surface area contributed by atoms with Crippen molar-refractivity contribution >= 4 is 17.7 Å². The van der Waals surface area contributed by atoms with E-state index in [0.717, 1.165) is 12.8 Å². The highest BCUT2D eigenvalue weighted by molar-refractivity contribution is 5.99. The van der Waals surface area contributed by atoms with Gasteiger partial charge < -0.3 is 19.5 Å². The molecule has 2 aromatic rings. The maximum Gasteiger partial charge on any atom is 0.387 e. The van der Waals surface area contributed by atoms with Crippen molar-refractivity contribution in [1.29, 1.82) is 0 Å². The standard InChI is InChI=1S/C22H23F2NO6/c1-2-3-12-29-17-8-6-16(7-9-17)21(28)25-13-20(27)30-14-19(26)15-4-10-18(11-5-15)31-22(23)24/h4-11,22H,2-3,12-14H2,1H3,(H,25,28). The van der Waals surface area contributed by atoms with E-state index in [0.29, 0.717) is 17.9 Å². The largest absolute Gasteiger partial charge is 0.494 e. The van der Waals surface area contributed by atoms with Crippen molar-refractivity contribution in [2.24, 2.45) is 0 Å². The van der Waals surface area contributed by atoms with Crippen molar-refractivity contribution in [2.75, 3.05) is 19.8 Å². The monoisotopic (exact) mass is 435 g/mol. The van der Waals surface area contributed by atoms with E-state index in [1.807, 2.05) is 0 Å². The Morgan fingerprint density at radius 2 is 1.55 bits per heavy atom. The molecule has 0 saturated carbocycles. The lowest BCUT2D eigenvalue weighted by molar-refractivity contribution is -0.141. The molecule has 1 amide bonds. The van der Waals surface area contributed by atoms with Crippen LogP contribution in [0.2, 0.25) is 0 Å². The maximum absolute atomic E-state index is 12.1. The number of benzene rings is 2. The molecule has 0 radical (unpaired) electrons. The van der Waals surface area contributed by atoms with Crippen molar-refractivity contribution < 1.29 is 37.4 Å². The van der Waals surface area contributed by atoms with E-state index < -0.39 is 37.4 Å². The number of ether oxygens (including phenoxy) is 3. The molecule has 0 spiro atoms. The second-order valence-electron chi connectivity index (χ2n) is 6.40. The van der Waals surface area contributed by atoms with Crippen LogP contribution in [0.5, 0.6) is 11.5 Å². The summed E-state index contributed by atoms with van der Waals surface area (Å²) in [5, 5.41) is 2.41. The number of carbonyl (C=O) groups excluding carboxylic acids is 3. The van der Waals surface area contributed by atoms with Gasteiger partial charge in [0.1, 0.15) is 18.0 Å². The summed E-state index contributed by atoms with van der Waals surface area (Å²) in [5.74, 6) is -1.23.